The largest absolute Gasteiger partial charge is 0.399 e. The van der Waals surface area contributed by atoms with Gasteiger partial charge in [0.05, 0.1) is 23.0 Å². The minimum atomic E-state index is -0.269. The van der Waals surface area contributed by atoms with Gasteiger partial charge in [-0.2, -0.15) is 0 Å². The van der Waals surface area contributed by atoms with E-state index in [-0.39, 0.29) is 17.5 Å². The molecular weight excluding hydrogens is 450 g/mol. The third kappa shape index (κ3) is 3.65. The number of nitrogen functional groups attached to an aromatic ring is 1. The van der Waals surface area contributed by atoms with Crippen LogP contribution in [0.5, 0.6) is 0 Å². The van der Waals surface area contributed by atoms with Crippen molar-refractivity contribution in [3.8, 4) is 5.69 Å². The molecule has 0 saturated carbocycles. The molecule has 2 N–H and O–H groups in total. The molecule has 1 aliphatic heterocycles. The van der Waals surface area contributed by atoms with Crippen molar-refractivity contribution in [2.24, 2.45) is 7.05 Å². The second kappa shape index (κ2) is 9.02. The molecule has 7 nitrogen and oxygen atoms in total. The standard InChI is InChI=1S/C29H29N5O2/c1-19-25(28(35)33(31(19)3)23-11-7-5-8-12-23)27(21-15-17-22(30)18-16-21)26-20(2)32(4)34(29(26)36)24-13-9-6-10-14-24/h5-19H,30H2,1-4H3/b27-25-. The van der Waals surface area contributed by atoms with Crippen molar-refractivity contribution in [1.29, 1.82) is 0 Å². The van der Waals surface area contributed by atoms with Crippen LogP contribution in [0.25, 0.3) is 11.3 Å². The van der Waals surface area contributed by atoms with Crippen molar-refractivity contribution >= 4 is 22.9 Å². The van der Waals surface area contributed by atoms with Crippen LogP contribution < -0.4 is 16.3 Å². The average Bonchev–Trinajstić information content (AvgIpc) is 3.24. The smallest absolute Gasteiger partial charge is 0.279 e. The SMILES string of the molecule is Cc1c(/C(=C2\C(=O)N(c3ccccc3)N(C)C2C)c2ccc(N)cc2)c(=O)n(-c2ccccc2)n1C. The number of aromatic nitrogens is 2. The molecule has 1 aromatic heterocycles. The number of nitrogens with zero attached hydrogens (tertiary/aromatic N) is 4. The molecule has 36 heavy (non-hydrogen) atoms. The Morgan fingerprint density at radius 3 is 1.94 bits per heavy atom. The monoisotopic (exact) mass is 479 g/mol. The van der Waals surface area contributed by atoms with Gasteiger partial charge in [0.1, 0.15) is 0 Å². The number of carbonyl (C=O) groups is 1. The van der Waals surface area contributed by atoms with E-state index in [1.807, 2.05) is 110 Å². The Balaban J connectivity index is 1.81. The zero-order chi connectivity index (χ0) is 25.6. The molecule has 0 bridgehead atoms. The fraction of sp³-hybridized carbons (Fsp3) is 0.172. The lowest BCUT2D eigenvalue weighted by atomic mass is 9.90. The van der Waals surface area contributed by atoms with Crippen LogP contribution in [0.2, 0.25) is 0 Å². The predicted molar refractivity (Wildman–Crippen MR) is 144 cm³/mol. The predicted octanol–water partition coefficient (Wildman–Crippen LogP) is 4.15. The van der Waals surface area contributed by atoms with E-state index in [9.17, 15) is 9.59 Å². The van der Waals surface area contributed by atoms with Crippen LogP contribution >= 0.6 is 0 Å². The van der Waals surface area contributed by atoms with E-state index in [4.69, 9.17) is 5.73 Å². The Kier molecular flexibility index (Phi) is 5.86. The molecule has 0 radical (unpaired) electrons. The summed E-state index contributed by atoms with van der Waals surface area (Å²) in [6.45, 7) is 3.90. The van der Waals surface area contributed by atoms with Crippen LogP contribution in [-0.2, 0) is 11.8 Å². The molecule has 5 rings (SSSR count). The van der Waals surface area contributed by atoms with Gasteiger partial charge in [0.15, 0.2) is 0 Å². The Bertz CT molecular complexity index is 1520. The molecule has 182 valence electrons. The second-order valence-electron chi connectivity index (χ2n) is 9.05. The van der Waals surface area contributed by atoms with Crippen LogP contribution in [-0.4, -0.2) is 33.4 Å². The van der Waals surface area contributed by atoms with Gasteiger partial charge in [-0.25, -0.2) is 14.7 Å². The first-order valence-corrected chi connectivity index (χ1v) is 11.9. The molecule has 0 spiro atoms. The van der Waals surface area contributed by atoms with Crippen LogP contribution in [0.1, 0.15) is 23.7 Å². The summed E-state index contributed by atoms with van der Waals surface area (Å²) in [6.07, 6.45) is 0. The Labute approximate surface area is 210 Å². The molecule has 4 aromatic rings. The number of hydrazine groups is 1. The summed E-state index contributed by atoms with van der Waals surface area (Å²) in [6, 6.07) is 26.1. The maximum Gasteiger partial charge on any atom is 0.279 e. The summed E-state index contributed by atoms with van der Waals surface area (Å²) in [5.74, 6) is -0.156. The Morgan fingerprint density at radius 2 is 1.36 bits per heavy atom. The maximum atomic E-state index is 14.1. The van der Waals surface area contributed by atoms with E-state index < -0.39 is 0 Å². The minimum absolute atomic E-state index is 0.156. The molecule has 0 aliphatic carbocycles. The van der Waals surface area contributed by atoms with Gasteiger partial charge >= 0.3 is 0 Å². The number of nitrogens with two attached hydrogens (primary N) is 1. The molecule has 1 saturated heterocycles. The number of hydrogen-bond acceptors (Lipinski definition) is 4. The van der Waals surface area contributed by atoms with Crippen LogP contribution in [0.4, 0.5) is 11.4 Å². The van der Waals surface area contributed by atoms with Crippen molar-refractivity contribution < 1.29 is 4.79 Å². The summed E-state index contributed by atoms with van der Waals surface area (Å²) in [4.78, 5) is 28.1. The second-order valence-corrected chi connectivity index (χ2v) is 9.05. The highest BCUT2D eigenvalue weighted by molar-refractivity contribution is 6.15. The van der Waals surface area contributed by atoms with Gasteiger partial charge in [0, 0.05) is 36.6 Å². The quantitative estimate of drug-likeness (QED) is 0.352. The normalized spacial score (nSPS) is 17.6. The number of likely N-dealkylation sites (N-methyl/N-ethyl adjacent to an activating group) is 1. The van der Waals surface area contributed by atoms with Crippen molar-refractivity contribution in [2.75, 3.05) is 17.8 Å². The first-order chi connectivity index (χ1) is 17.3. The molecule has 3 aromatic carbocycles. The average molecular weight is 480 g/mol. The molecular formula is C29H29N5O2. The van der Waals surface area contributed by atoms with E-state index in [1.165, 1.54) is 0 Å². The lowest BCUT2D eigenvalue weighted by Gasteiger charge is -2.25. The number of hydrogen-bond donors (Lipinski definition) is 1. The molecule has 1 unspecified atom stereocenters. The first kappa shape index (κ1) is 23.4. The molecule has 1 atom stereocenters. The van der Waals surface area contributed by atoms with Crippen molar-refractivity contribution in [3.63, 3.8) is 0 Å². The van der Waals surface area contributed by atoms with Gasteiger partial charge in [-0.3, -0.25) is 14.3 Å². The van der Waals surface area contributed by atoms with Crippen LogP contribution in [0, 0.1) is 6.92 Å². The van der Waals surface area contributed by atoms with Crippen molar-refractivity contribution in [2.45, 2.75) is 19.9 Å². The highest BCUT2D eigenvalue weighted by Crippen LogP contribution is 2.37. The number of amides is 1. The summed E-state index contributed by atoms with van der Waals surface area (Å²) < 4.78 is 3.49. The van der Waals surface area contributed by atoms with Crippen LogP contribution in [0.15, 0.2) is 95.3 Å². The molecule has 1 fully saturated rings. The minimum Gasteiger partial charge on any atom is -0.399 e. The maximum absolute atomic E-state index is 14.1. The highest BCUT2D eigenvalue weighted by atomic mass is 16.2. The number of carbonyl (C=O) groups excluding carboxylic acids is 1. The Hall–Kier alpha value is -4.36. The summed E-state index contributed by atoms with van der Waals surface area (Å²) in [7, 11) is 3.75. The van der Waals surface area contributed by atoms with E-state index >= 15 is 0 Å². The fourth-order valence-electron chi connectivity index (χ4n) is 4.92. The van der Waals surface area contributed by atoms with E-state index in [1.54, 1.807) is 21.8 Å². The number of benzene rings is 3. The lowest BCUT2D eigenvalue weighted by Crippen LogP contribution is -2.38. The zero-order valence-corrected chi connectivity index (χ0v) is 20.8. The van der Waals surface area contributed by atoms with Gasteiger partial charge in [-0.1, -0.05) is 48.5 Å². The topological polar surface area (TPSA) is 76.5 Å². The summed E-state index contributed by atoms with van der Waals surface area (Å²) in [5, 5.41) is 3.59. The molecule has 7 heteroatoms. The van der Waals surface area contributed by atoms with Crippen molar-refractivity contribution in [1.82, 2.24) is 14.4 Å². The third-order valence-corrected chi connectivity index (χ3v) is 6.99. The highest BCUT2D eigenvalue weighted by Gasteiger charge is 2.42. The Morgan fingerprint density at radius 1 is 0.806 bits per heavy atom. The zero-order valence-electron chi connectivity index (χ0n) is 20.8. The van der Waals surface area contributed by atoms with Gasteiger partial charge in [-0.15, -0.1) is 0 Å². The number of para-hydroxylation sites is 2. The number of rotatable bonds is 4. The van der Waals surface area contributed by atoms with Gasteiger partial charge in [0.2, 0.25) is 0 Å². The summed E-state index contributed by atoms with van der Waals surface area (Å²) >= 11 is 0. The van der Waals surface area contributed by atoms with Gasteiger partial charge in [0.25, 0.3) is 11.5 Å². The van der Waals surface area contributed by atoms with Gasteiger partial charge in [-0.05, 0) is 55.8 Å². The first-order valence-electron chi connectivity index (χ1n) is 11.9. The van der Waals surface area contributed by atoms with E-state index in [2.05, 4.69) is 0 Å². The molecule has 1 amide bonds. The number of anilines is 2. The van der Waals surface area contributed by atoms with Crippen molar-refractivity contribution in [3.05, 3.63) is 118 Å². The van der Waals surface area contributed by atoms with E-state index in [0.717, 1.165) is 22.6 Å². The molecule has 1 aliphatic rings. The molecule has 2 heterocycles. The third-order valence-electron chi connectivity index (χ3n) is 6.99. The van der Waals surface area contributed by atoms with Crippen LogP contribution in [0.3, 0.4) is 0 Å². The van der Waals surface area contributed by atoms with Gasteiger partial charge < -0.3 is 5.73 Å². The van der Waals surface area contributed by atoms with E-state index in [0.29, 0.717) is 22.4 Å². The fourth-order valence-corrected chi connectivity index (χ4v) is 4.92. The summed E-state index contributed by atoms with van der Waals surface area (Å²) in [5.41, 5.74) is 11.2. The lowest BCUT2D eigenvalue weighted by molar-refractivity contribution is -0.115.